The second-order valence-corrected chi connectivity index (χ2v) is 12.3. The van der Waals surface area contributed by atoms with Gasteiger partial charge in [0.1, 0.15) is 5.71 Å². The highest BCUT2D eigenvalue weighted by atomic mass is 15.3. The summed E-state index contributed by atoms with van der Waals surface area (Å²) in [6.45, 7) is 0. The fourth-order valence-corrected chi connectivity index (χ4v) is 7.08. The molecule has 1 aliphatic rings. The van der Waals surface area contributed by atoms with Gasteiger partial charge in [0.25, 0.3) is 0 Å². The molecule has 1 aliphatic carbocycles. The smallest absolute Gasteiger partial charge is 0.108 e. The van der Waals surface area contributed by atoms with E-state index in [0.717, 1.165) is 44.1 Å². The number of nitrogens with zero attached hydrogens (tertiary/aromatic N) is 2. The average molecular weight is 627 g/mol. The summed E-state index contributed by atoms with van der Waals surface area (Å²) in [7, 11) is 0. The maximum Gasteiger partial charge on any atom is 0.108 e. The number of aromatic nitrogens is 1. The lowest BCUT2D eigenvalue weighted by atomic mass is 9.84. The number of pyridine rings is 1. The Kier molecular flexibility index (Phi) is 6.91. The van der Waals surface area contributed by atoms with E-state index >= 15 is 0 Å². The number of rotatable bonds is 5. The molecule has 4 heteroatoms. The minimum atomic E-state index is 0.357. The molecule has 0 amide bonds. The number of fused-ring (bicyclic) bond motifs is 4. The van der Waals surface area contributed by atoms with Crippen molar-refractivity contribution in [2.75, 3.05) is 5.43 Å². The normalized spacial score (nSPS) is 13.8. The van der Waals surface area contributed by atoms with Crippen molar-refractivity contribution >= 4 is 65.8 Å². The molecule has 0 aliphatic heterocycles. The van der Waals surface area contributed by atoms with Gasteiger partial charge in [0.15, 0.2) is 0 Å². The summed E-state index contributed by atoms with van der Waals surface area (Å²) in [4.78, 5) is 4.43. The van der Waals surface area contributed by atoms with Crippen LogP contribution in [0.3, 0.4) is 0 Å². The Balaban J connectivity index is 1.05. The van der Waals surface area contributed by atoms with Gasteiger partial charge in [-0.05, 0) is 95.9 Å². The van der Waals surface area contributed by atoms with E-state index < -0.39 is 0 Å². The van der Waals surface area contributed by atoms with Crippen LogP contribution in [0.1, 0.15) is 5.56 Å². The monoisotopic (exact) mass is 626 g/mol. The lowest BCUT2D eigenvalue weighted by molar-refractivity contribution is 1.34. The molecule has 2 N–H and O–H groups in total. The van der Waals surface area contributed by atoms with Gasteiger partial charge in [0.05, 0.1) is 11.4 Å². The molecule has 0 radical (unpaired) electrons. The Labute approximate surface area is 283 Å². The first-order chi connectivity index (χ1) is 24.2. The fourth-order valence-electron chi connectivity index (χ4n) is 7.08. The molecular formula is C45H30N4. The van der Waals surface area contributed by atoms with E-state index in [1.54, 1.807) is 0 Å². The van der Waals surface area contributed by atoms with E-state index in [0.29, 0.717) is 11.4 Å². The molecule has 0 fully saturated rings. The number of benzene rings is 7. The SMILES string of the molecule is N=C1C=C(c2c3ccccc3c(-c3ccc4ccccc4c3)c3ccccc23)C=CC1=NNc1ccc(-c2cncc3ccccc23)cc1. The molecular weight excluding hydrogens is 597 g/mol. The molecule has 0 bridgehead atoms. The first kappa shape index (κ1) is 28.6. The van der Waals surface area contributed by atoms with Crippen molar-refractivity contribution < 1.29 is 0 Å². The number of hydrazone groups is 1. The first-order valence-corrected chi connectivity index (χ1v) is 16.4. The van der Waals surface area contributed by atoms with Gasteiger partial charge < -0.3 is 0 Å². The second kappa shape index (κ2) is 11.9. The summed E-state index contributed by atoms with van der Waals surface area (Å²) in [6.07, 6.45) is 9.75. The Morgan fingerprint density at radius 2 is 1.10 bits per heavy atom. The lowest BCUT2D eigenvalue weighted by Gasteiger charge is -2.19. The molecule has 1 heterocycles. The summed E-state index contributed by atoms with van der Waals surface area (Å²) in [5.74, 6) is 0. The molecule has 0 saturated carbocycles. The molecule has 8 aromatic rings. The third kappa shape index (κ3) is 5.07. The van der Waals surface area contributed by atoms with Crippen molar-refractivity contribution in [3.8, 4) is 22.3 Å². The van der Waals surface area contributed by atoms with E-state index in [4.69, 9.17) is 5.41 Å². The Hall–Kier alpha value is -6.65. The predicted molar refractivity (Wildman–Crippen MR) is 207 cm³/mol. The van der Waals surface area contributed by atoms with E-state index in [1.807, 2.05) is 42.7 Å². The van der Waals surface area contributed by atoms with Gasteiger partial charge in [-0.25, -0.2) is 0 Å². The van der Waals surface area contributed by atoms with E-state index in [1.165, 1.54) is 38.1 Å². The first-order valence-electron chi connectivity index (χ1n) is 16.4. The maximum absolute atomic E-state index is 8.98. The van der Waals surface area contributed by atoms with Gasteiger partial charge in [-0.2, -0.15) is 5.10 Å². The van der Waals surface area contributed by atoms with Crippen LogP contribution in [0.5, 0.6) is 0 Å². The summed E-state index contributed by atoms with van der Waals surface area (Å²) in [5.41, 5.74) is 11.7. The summed E-state index contributed by atoms with van der Waals surface area (Å²) in [5, 5.41) is 23.0. The number of hydrogen-bond donors (Lipinski definition) is 2. The van der Waals surface area contributed by atoms with Crippen LogP contribution in [-0.2, 0) is 0 Å². The fraction of sp³-hybridized carbons (Fsp3) is 0. The topological polar surface area (TPSA) is 61.1 Å². The van der Waals surface area contributed by atoms with Gasteiger partial charge in [0.2, 0.25) is 0 Å². The zero-order chi connectivity index (χ0) is 32.7. The van der Waals surface area contributed by atoms with Crippen molar-refractivity contribution in [2.24, 2.45) is 5.10 Å². The Bertz CT molecular complexity index is 2640. The number of allylic oxidation sites excluding steroid dienone is 4. The van der Waals surface area contributed by atoms with Crippen molar-refractivity contribution in [3.63, 3.8) is 0 Å². The average Bonchev–Trinajstić information content (AvgIpc) is 3.16. The van der Waals surface area contributed by atoms with Gasteiger partial charge in [-0.3, -0.25) is 15.8 Å². The van der Waals surface area contributed by atoms with Gasteiger partial charge >= 0.3 is 0 Å². The van der Waals surface area contributed by atoms with Crippen molar-refractivity contribution in [3.05, 3.63) is 176 Å². The molecule has 0 unspecified atom stereocenters. The molecule has 7 aromatic carbocycles. The minimum absolute atomic E-state index is 0.357. The molecule has 0 atom stereocenters. The second-order valence-electron chi connectivity index (χ2n) is 12.3. The molecule has 0 spiro atoms. The van der Waals surface area contributed by atoms with E-state index in [-0.39, 0.29) is 0 Å². The summed E-state index contributed by atoms with van der Waals surface area (Å²) in [6, 6.07) is 48.9. The Morgan fingerprint density at radius 1 is 0.510 bits per heavy atom. The summed E-state index contributed by atoms with van der Waals surface area (Å²) < 4.78 is 0. The molecule has 230 valence electrons. The lowest BCUT2D eigenvalue weighted by Crippen LogP contribution is -2.13. The van der Waals surface area contributed by atoms with Crippen LogP contribution < -0.4 is 5.43 Å². The largest absolute Gasteiger partial charge is 0.299 e. The Morgan fingerprint density at radius 3 is 1.80 bits per heavy atom. The highest BCUT2D eigenvalue weighted by Crippen LogP contribution is 2.43. The van der Waals surface area contributed by atoms with E-state index in [2.05, 4.69) is 143 Å². The molecule has 1 aromatic heterocycles. The van der Waals surface area contributed by atoms with E-state index in [9.17, 15) is 0 Å². The van der Waals surface area contributed by atoms with Crippen LogP contribution in [0.2, 0.25) is 0 Å². The maximum atomic E-state index is 8.98. The van der Waals surface area contributed by atoms with Gasteiger partial charge in [-0.15, -0.1) is 0 Å². The van der Waals surface area contributed by atoms with Crippen molar-refractivity contribution in [2.45, 2.75) is 0 Å². The minimum Gasteiger partial charge on any atom is -0.299 e. The van der Waals surface area contributed by atoms with Crippen LogP contribution in [0.4, 0.5) is 5.69 Å². The van der Waals surface area contributed by atoms with Crippen molar-refractivity contribution in [1.29, 1.82) is 5.41 Å². The highest BCUT2D eigenvalue weighted by molar-refractivity contribution is 6.52. The number of hydrogen-bond acceptors (Lipinski definition) is 4. The third-order valence-electron chi connectivity index (χ3n) is 9.42. The molecule has 0 saturated heterocycles. The number of anilines is 1. The third-order valence-corrected chi connectivity index (χ3v) is 9.42. The zero-order valence-electron chi connectivity index (χ0n) is 26.6. The quantitative estimate of drug-likeness (QED) is 0.113. The summed E-state index contributed by atoms with van der Waals surface area (Å²) >= 11 is 0. The van der Waals surface area contributed by atoms with Gasteiger partial charge in [0, 0.05) is 23.3 Å². The predicted octanol–water partition coefficient (Wildman–Crippen LogP) is 11.5. The van der Waals surface area contributed by atoms with Crippen molar-refractivity contribution in [1.82, 2.24) is 4.98 Å². The van der Waals surface area contributed by atoms with Crippen LogP contribution in [0.15, 0.2) is 175 Å². The molecule has 4 nitrogen and oxygen atoms in total. The highest BCUT2D eigenvalue weighted by Gasteiger charge is 2.19. The van der Waals surface area contributed by atoms with Crippen LogP contribution in [0, 0.1) is 5.41 Å². The number of nitrogens with one attached hydrogen (secondary N) is 2. The standard InChI is InChI=1S/C45H30N4/c46-42-26-33(21-24-43(42)49-48-35-22-19-30(20-23-35)41-28-47-27-34-11-3-4-12-36(34)41)45-39-15-7-5-13-37(39)44(38-14-6-8-16-40(38)45)32-18-17-29-9-1-2-10-31(29)25-32/h1-28,46,48H. The van der Waals surface area contributed by atoms with Crippen LogP contribution in [-0.4, -0.2) is 16.4 Å². The molecule has 49 heavy (non-hydrogen) atoms. The zero-order valence-corrected chi connectivity index (χ0v) is 26.6. The molecule has 9 rings (SSSR count). The van der Waals surface area contributed by atoms with Crippen LogP contribution in [0.25, 0.3) is 70.9 Å². The van der Waals surface area contributed by atoms with Gasteiger partial charge in [-0.1, -0.05) is 127 Å². The van der Waals surface area contributed by atoms with Crippen LogP contribution >= 0.6 is 0 Å².